The second kappa shape index (κ2) is 5.73. The van der Waals surface area contributed by atoms with Crippen molar-refractivity contribution in [3.8, 4) is 6.07 Å². The molecule has 0 atom stereocenters. The van der Waals surface area contributed by atoms with E-state index in [1.165, 1.54) is 17.4 Å². The number of thiophene rings is 1. The van der Waals surface area contributed by atoms with Crippen molar-refractivity contribution < 1.29 is 13.2 Å². The van der Waals surface area contributed by atoms with Gasteiger partial charge in [-0.1, -0.05) is 11.6 Å². The maximum absolute atomic E-state index is 12.5. The minimum atomic E-state index is -4.41. The number of halogens is 4. The Labute approximate surface area is 122 Å². The average Bonchev–Trinajstić information content (AvgIpc) is 2.84. The normalized spacial score (nSPS) is 11.2. The number of anilines is 1. The van der Waals surface area contributed by atoms with Crippen molar-refractivity contribution in [1.29, 1.82) is 5.26 Å². The van der Waals surface area contributed by atoms with Crippen LogP contribution in [0.2, 0.25) is 5.02 Å². The van der Waals surface area contributed by atoms with Crippen LogP contribution < -0.4 is 5.32 Å². The van der Waals surface area contributed by atoms with Crippen LogP contribution in [0.3, 0.4) is 0 Å². The van der Waals surface area contributed by atoms with Gasteiger partial charge in [-0.15, -0.1) is 11.3 Å². The van der Waals surface area contributed by atoms with E-state index < -0.39 is 11.7 Å². The van der Waals surface area contributed by atoms with Gasteiger partial charge < -0.3 is 5.32 Å². The molecule has 1 N–H and O–H groups in total. The van der Waals surface area contributed by atoms with Gasteiger partial charge >= 0.3 is 6.18 Å². The fourth-order valence-corrected chi connectivity index (χ4v) is 2.54. The molecule has 1 aromatic heterocycles. The number of hydrogen-bond donors (Lipinski definition) is 1. The summed E-state index contributed by atoms with van der Waals surface area (Å²) in [6.45, 7) is 0.400. The number of hydrogen-bond acceptors (Lipinski definition) is 3. The lowest BCUT2D eigenvalue weighted by molar-refractivity contribution is -0.137. The fraction of sp³-hybridized carbons (Fsp3) is 0.154. The summed E-state index contributed by atoms with van der Waals surface area (Å²) in [5.74, 6) is 0. The van der Waals surface area contributed by atoms with Gasteiger partial charge in [-0.3, -0.25) is 0 Å². The zero-order chi connectivity index (χ0) is 14.8. The van der Waals surface area contributed by atoms with E-state index in [1.54, 1.807) is 12.1 Å². The van der Waals surface area contributed by atoms with Gasteiger partial charge in [0, 0.05) is 11.4 Å². The molecule has 1 heterocycles. The number of nitriles is 1. The molecule has 0 saturated carbocycles. The van der Waals surface area contributed by atoms with Gasteiger partial charge in [0.1, 0.15) is 10.9 Å². The Morgan fingerprint density at radius 2 is 2.00 bits per heavy atom. The van der Waals surface area contributed by atoms with Gasteiger partial charge in [-0.05, 0) is 30.3 Å². The van der Waals surface area contributed by atoms with Crippen LogP contribution in [-0.2, 0) is 12.7 Å². The lowest BCUT2D eigenvalue weighted by Crippen LogP contribution is -2.05. The van der Waals surface area contributed by atoms with Crippen molar-refractivity contribution in [3.63, 3.8) is 0 Å². The molecule has 0 amide bonds. The molecule has 20 heavy (non-hydrogen) atoms. The first-order valence-corrected chi connectivity index (χ1v) is 6.69. The van der Waals surface area contributed by atoms with Crippen LogP contribution in [0.4, 0.5) is 18.9 Å². The molecule has 0 aliphatic carbocycles. The van der Waals surface area contributed by atoms with Crippen LogP contribution in [0.5, 0.6) is 0 Å². The topological polar surface area (TPSA) is 35.8 Å². The van der Waals surface area contributed by atoms with Crippen LogP contribution in [0.25, 0.3) is 0 Å². The largest absolute Gasteiger partial charge is 0.416 e. The van der Waals surface area contributed by atoms with Crippen molar-refractivity contribution in [1.82, 2.24) is 0 Å². The summed E-state index contributed by atoms with van der Waals surface area (Å²) in [5.41, 5.74) is -0.359. The first kappa shape index (κ1) is 14.7. The molecule has 1 aromatic carbocycles. The monoisotopic (exact) mass is 316 g/mol. The van der Waals surface area contributed by atoms with E-state index in [0.717, 1.165) is 17.0 Å². The number of benzene rings is 1. The third-order valence-corrected chi connectivity index (χ3v) is 3.82. The molecule has 0 radical (unpaired) electrons. The number of nitrogens with zero attached hydrogens (tertiary/aromatic N) is 1. The molecule has 0 saturated heterocycles. The van der Waals surface area contributed by atoms with Crippen molar-refractivity contribution >= 4 is 28.6 Å². The van der Waals surface area contributed by atoms with Crippen LogP contribution >= 0.6 is 22.9 Å². The Morgan fingerprint density at radius 3 is 2.55 bits per heavy atom. The summed E-state index contributed by atoms with van der Waals surface area (Å²) in [5, 5.41) is 11.7. The molecule has 7 heteroatoms. The maximum Gasteiger partial charge on any atom is 0.416 e. The molecule has 0 aliphatic heterocycles. The minimum absolute atomic E-state index is 0.0110. The lowest BCUT2D eigenvalue weighted by atomic mass is 10.2. The van der Waals surface area contributed by atoms with Gasteiger partial charge in [-0.2, -0.15) is 18.4 Å². The molecular weight excluding hydrogens is 309 g/mol. The molecular formula is C13H8ClF3N2S. The van der Waals surface area contributed by atoms with E-state index in [4.69, 9.17) is 16.9 Å². The Balaban J connectivity index is 2.09. The van der Waals surface area contributed by atoms with Gasteiger partial charge in [0.15, 0.2) is 0 Å². The molecule has 104 valence electrons. The van der Waals surface area contributed by atoms with E-state index in [1.807, 2.05) is 6.07 Å². The molecule has 2 nitrogen and oxygen atoms in total. The van der Waals surface area contributed by atoms with Crippen molar-refractivity contribution in [2.45, 2.75) is 12.7 Å². The summed E-state index contributed by atoms with van der Waals surface area (Å²) in [4.78, 5) is 1.48. The summed E-state index contributed by atoms with van der Waals surface area (Å²) in [7, 11) is 0. The molecule has 0 fully saturated rings. The molecule has 0 unspecified atom stereocenters. The standard InChI is InChI=1S/C13H8ClF3N2S/c14-11-5-8(13(15,16)17)1-4-12(11)19-7-10-3-2-9(6-18)20-10/h1-5,19H,7H2. The van der Waals surface area contributed by atoms with Crippen molar-refractivity contribution in [2.24, 2.45) is 0 Å². The molecule has 0 bridgehead atoms. The van der Waals surface area contributed by atoms with E-state index in [2.05, 4.69) is 5.32 Å². The van der Waals surface area contributed by atoms with Gasteiger partial charge in [0.2, 0.25) is 0 Å². The number of nitrogens with one attached hydrogen (secondary N) is 1. The van der Waals surface area contributed by atoms with Crippen LogP contribution in [0, 0.1) is 11.3 Å². The van der Waals surface area contributed by atoms with Crippen LogP contribution in [-0.4, -0.2) is 0 Å². The van der Waals surface area contributed by atoms with E-state index in [-0.39, 0.29) is 5.02 Å². The van der Waals surface area contributed by atoms with Gasteiger partial charge in [0.05, 0.1) is 16.3 Å². The highest BCUT2D eigenvalue weighted by molar-refractivity contribution is 7.12. The van der Waals surface area contributed by atoms with E-state index in [9.17, 15) is 13.2 Å². The number of alkyl halides is 3. The second-order valence-electron chi connectivity index (χ2n) is 3.92. The smallest absolute Gasteiger partial charge is 0.379 e. The fourth-order valence-electron chi connectivity index (χ4n) is 1.55. The first-order chi connectivity index (χ1) is 9.40. The summed E-state index contributed by atoms with van der Waals surface area (Å²) in [6, 6.07) is 8.66. The lowest BCUT2D eigenvalue weighted by Gasteiger charge is -2.11. The third kappa shape index (κ3) is 3.44. The Morgan fingerprint density at radius 1 is 1.25 bits per heavy atom. The predicted octanol–water partition coefficient (Wildman–Crippen LogP) is 4.90. The van der Waals surface area contributed by atoms with Crippen LogP contribution in [0.15, 0.2) is 30.3 Å². The summed E-state index contributed by atoms with van der Waals surface area (Å²) >= 11 is 7.14. The molecule has 2 rings (SSSR count). The van der Waals surface area contributed by atoms with E-state index >= 15 is 0 Å². The summed E-state index contributed by atoms with van der Waals surface area (Å²) in [6.07, 6.45) is -4.41. The summed E-state index contributed by atoms with van der Waals surface area (Å²) < 4.78 is 37.5. The molecule has 2 aromatic rings. The average molecular weight is 317 g/mol. The molecule has 0 aliphatic rings. The zero-order valence-electron chi connectivity index (χ0n) is 9.96. The second-order valence-corrected chi connectivity index (χ2v) is 5.50. The van der Waals surface area contributed by atoms with Gasteiger partial charge in [0.25, 0.3) is 0 Å². The quantitative estimate of drug-likeness (QED) is 0.873. The van der Waals surface area contributed by atoms with Crippen molar-refractivity contribution in [2.75, 3.05) is 5.32 Å². The Kier molecular flexibility index (Phi) is 4.21. The maximum atomic E-state index is 12.5. The Hall–Kier alpha value is -1.71. The first-order valence-electron chi connectivity index (χ1n) is 5.49. The minimum Gasteiger partial charge on any atom is -0.379 e. The Bertz CT molecular complexity index is 658. The van der Waals surface area contributed by atoms with Crippen LogP contribution in [0.1, 0.15) is 15.3 Å². The molecule has 0 spiro atoms. The zero-order valence-corrected chi connectivity index (χ0v) is 11.5. The number of rotatable bonds is 3. The van der Waals surface area contributed by atoms with E-state index in [0.29, 0.717) is 17.1 Å². The van der Waals surface area contributed by atoms with Crippen molar-refractivity contribution in [3.05, 3.63) is 50.7 Å². The highest BCUT2D eigenvalue weighted by Gasteiger charge is 2.30. The van der Waals surface area contributed by atoms with Gasteiger partial charge in [-0.25, -0.2) is 0 Å². The predicted molar refractivity (Wildman–Crippen MR) is 72.8 cm³/mol. The third-order valence-electron chi connectivity index (χ3n) is 2.52. The highest BCUT2D eigenvalue weighted by Crippen LogP contribution is 2.34. The highest BCUT2D eigenvalue weighted by atomic mass is 35.5. The SMILES string of the molecule is N#Cc1ccc(CNc2ccc(C(F)(F)F)cc2Cl)s1.